The van der Waals surface area contributed by atoms with Crippen molar-refractivity contribution in [2.45, 2.75) is 25.8 Å². The molecule has 0 aliphatic heterocycles. The smallest absolute Gasteiger partial charge is 0.226 e. The van der Waals surface area contributed by atoms with E-state index in [-0.39, 0.29) is 11.8 Å². The van der Waals surface area contributed by atoms with E-state index >= 15 is 0 Å². The van der Waals surface area contributed by atoms with E-state index in [0.717, 1.165) is 30.6 Å². The Balaban J connectivity index is 2.09. The molecule has 0 unspecified atom stereocenters. The van der Waals surface area contributed by atoms with Crippen LogP contribution in [0, 0.1) is 11.8 Å². The second-order valence-electron chi connectivity index (χ2n) is 5.68. The first-order valence-electron chi connectivity index (χ1n) is 7.34. The summed E-state index contributed by atoms with van der Waals surface area (Å²) in [7, 11) is 3.45. The second kappa shape index (κ2) is 7.14. The Morgan fingerprint density at radius 1 is 1.48 bits per heavy atom. The van der Waals surface area contributed by atoms with Gasteiger partial charge in [0.25, 0.3) is 0 Å². The van der Waals surface area contributed by atoms with Crippen LogP contribution in [0.3, 0.4) is 0 Å². The lowest BCUT2D eigenvalue weighted by molar-refractivity contribution is -0.135. The van der Waals surface area contributed by atoms with Crippen molar-refractivity contribution in [2.24, 2.45) is 17.6 Å². The molecule has 0 spiro atoms. The number of carbonyl (C=O) groups is 1. The van der Waals surface area contributed by atoms with Crippen LogP contribution in [0.25, 0.3) is 0 Å². The van der Waals surface area contributed by atoms with E-state index in [1.54, 1.807) is 18.1 Å². The van der Waals surface area contributed by atoms with Crippen LogP contribution in [0.2, 0.25) is 5.02 Å². The summed E-state index contributed by atoms with van der Waals surface area (Å²) in [6.07, 6.45) is 3.09. The maximum atomic E-state index is 12.6. The summed E-state index contributed by atoms with van der Waals surface area (Å²) >= 11 is 6.03. The van der Waals surface area contributed by atoms with Crippen molar-refractivity contribution < 1.29 is 9.53 Å². The molecule has 2 rings (SSSR count). The van der Waals surface area contributed by atoms with Gasteiger partial charge in [-0.3, -0.25) is 4.79 Å². The molecule has 1 aliphatic carbocycles. The average molecular weight is 311 g/mol. The van der Waals surface area contributed by atoms with Gasteiger partial charge in [0.05, 0.1) is 7.11 Å². The maximum absolute atomic E-state index is 12.6. The summed E-state index contributed by atoms with van der Waals surface area (Å²) in [5.41, 5.74) is 6.69. The minimum Gasteiger partial charge on any atom is -0.496 e. The predicted molar refractivity (Wildman–Crippen MR) is 84.4 cm³/mol. The normalized spacial score (nSPS) is 21.3. The molecule has 0 aromatic heterocycles. The van der Waals surface area contributed by atoms with Gasteiger partial charge in [0.1, 0.15) is 5.75 Å². The van der Waals surface area contributed by atoms with Crippen LogP contribution in [0.4, 0.5) is 0 Å². The van der Waals surface area contributed by atoms with Crippen molar-refractivity contribution in [3.8, 4) is 5.75 Å². The fraction of sp³-hybridized carbons (Fsp3) is 0.562. The minimum absolute atomic E-state index is 0.0604. The molecular formula is C16H23ClN2O2. The fourth-order valence-electron chi connectivity index (χ4n) is 3.13. The molecule has 0 heterocycles. The topological polar surface area (TPSA) is 55.6 Å². The number of ether oxygens (including phenoxy) is 1. The Morgan fingerprint density at radius 2 is 2.24 bits per heavy atom. The number of hydrogen-bond acceptors (Lipinski definition) is 3. The number of halogens is 1. The standard InChI is InChI=1S/C16H23ClN2O2/c1-19(16(20)14-5-3-4-11(14)9-18)10-12-8-13(17)6-7-15(12)21-2/h6-8,11,14H,3-5,9-10,18H2,1-2H3/t11-,14-/m1/s1. The zero-order valence-corrected chi connectivity index (χ0v) is 13.4. The van der Waals surface area contributed by atoms with Crippen molar-refractivity contribution in [1.82, 2.24) is 4.90 Å². The van der Waals surface area contributed by atoms with E-state index in [4.69, 9.17) is 22.1 Å². The van der Waals surface area contributed by atoms with Gasteiger partial charge in [-0.1, -0.05) is 18.0 Å². The number of benzene rings is 1. The van der Waals surface area contributed by atoms with Gasteiger partial charge >= 0.3 is 0 Å². The molecule has 1 fully saturated rings. The third-order valence-corrected chi connectivity index (χ3v) is 4.54. The van der Waals surface area contributed by atoms with Gasteiger partial charge in [-0.05, 0) is 43.5 Å². The second-order valence-corrected chi connectivity index (χ2v) is 6.12. The first-order valence-corrected chi connectivity index (χ1v) is 7.72. The molecule has 116 valence electrons. The molecule has 0 saturated heterocycles. The first-order chi connectivity index (χ1) is 10.1. The van der Waals surface area contributed by atoms with E-state index in [2.05, 4.69) is 0 Å². The van der Waals surface area contributed by atoms with Gasteiger partial charge in [-0.15, -0.1) is 0 Å². The highest BCUT2D eigenvalue weighted by atomic mass is 35.5. The van der Waals surface area contributed by atoms with Crippen molar-refractivity contribution >= 4 is 17.5 Å². The molecule has 21 heavy (non-hydrogen) atoms. The SMILES string of the molecule is COc1ccc(Cl)cc1CN(C)C(=O)[C@@H]1CCC[C@@H]1CN. The van der Waals surface area contributed by atoms with Crippen molar-refractivity contribution in [3.05, 3.63) is 28.8 Å². The van der Waals surface area contributed by atoms with Crippen LogP contribution in [0.5, 0.6) is 5.75 Å². The van der Waals surface area contributed by atoms with E-state index in [0.29, 0.717) is 24.0 Å². The Kier molecular flexibility index (Phi) is 5.48. The molecule has 1 saturated carbocycles. The molecule has 4 nitrogen and oxygen atoms in total. The summed E-state index contributed by atoms with van der Waals surface area (Å²) in [6, 6.07) is 5.46. The van der Waals surface area contributed by atoms with Gasteiger partial charge in [-0.25, -0.2) is 0 Å². The Morgan fingerprint density at radius 3 is 2.90 bits per heavy atom. The molecule has 1 aliphatic rings. The molecule has 0 radical (unpaired) electrons. The van der Waals surface area contributed by atoms with Crippen LogP contribution < -0.4 is 10.5 Å². The van der Waals surface area contributed by atoms with E-state index in [1.165, 1.54) is 0 Å². The molecule has 1 aromatic rings. The molecule has 1 amide bonds. The minimum atomic E-state index is 0.0604. The molecule has 0 bridgehead atoms. The van der Waals surface area contributed by atoms with Crippen LogP contribution in [0.15, 0.2) is 18.2 Å². The third-order valence-electron chi connectivity index (χ3n) is 4.31. The lowest BCUT2D eigenvalue weighted by Gasteiger charge is -2.25. The summed E-state index contributed by atoms with van der Waals surface area (Å²) in [4.78, 5) is 14.4. The maximum Gasteiger partial charge on any atom is 0.226 e. The zero-order valence-electron chi connectivity index (χ0n) is 12.6. The lowest BCUT2D eigenvalue weighted by atomic mass is 9.94. The fourth-order valence-corrected chi connectivity index (χ4v) is 3.33. The van der Waals surface area contributed by atoms with Gasteiger partial charge in [0.2, 0.25) is 5.91 Å². The van der Waals surface area contributed by atoms with Crippen LogP contribution in [-0.4, -0.2) is 31.5 Å². The van der Waals surface area contributed by atoms with Crippen molar-refractivity contribution in [2.75, 3.05) is 20.7 Å². The largest absolute Gasteiger partial charge is 0.496 e. The quantitative estimate of drug-likeness (QED) is 0.909. The number of carbonyl (C=O) groups excluding carboxylic acids is 1. The van der Waals surface area contributed by atoms with Crippen LogP contribution in [0.1, 0.15) is 24.8 Å². The number of amides is 1. The van der Waals surface area contributed by atoms with Crippen LogP contribution >= 0.6 is 11.6 Å². The molecule has 1 aromatic carbocycles. The average Bonchev–Trinajstić information content (AvgIpc) is 2.95. The predicted octanol–water partition coefficient (Wildman–Crippen LogP) is 2.68. The van der Waals surface area contributed by atoms with Crippen LogP contribution in [-0.2, 0) is 11.3 Å². The van der Waals surface area contributed by atoms with E-state index < -0.39 is 0 Å². The van der Waals surface area contributed by atoms with Crippen molar-refractivity contribution in [1.29, 1.82) is 0 Å². The summed E-state index contributed by atoms with van der Waals surface area (Å²) < 4.78 is 5.33. The number of nitrogens with two attached hydrogens (primary N) is 1. The monoisotopic (exact) mass is 310 g/mol. The van der Waals surface area contributed by atoms with Gasteiger partial charge in [-0.2, -0.15) is 0 Å². The summed E-state index contributed by atoms with van der Waals surface area (Å²) in [5, 5.41) is 0.646. The summed E-state index contributed by atoms with van der Waals surface area (Å²) in [6.45, 7) is 1.08. The highest BCUT2D eigenvalue weighted by Crippen LogP contribution is 2.33. The molecule has 2 atom stereocenters. The van der Waals surface area contributed by atoms with Gasteiger partial charge in [0.15, 0.2) is 0 Å². The van der Waals surface area contributed by atoms with E-state index in [9.17, 15) is 4.79 Å². The van der Waals surface area contributed by atoms with E-state index in [1.807, 2.05) is 19.2 Å². The molecule has 2 N–H and O–H groups in total. The highest BCUT2D eigenvalue weighted by Gasteiger charge is 2.33. The Hall–Kier alpha value is -1.26. The molecule has 5 heteroatoms. The van der Waals surface area contributed by atoms with Crippen molar-refractivity contribution in [3.63, 3.8) is 0 Å². The Bertz CT molecular complexity index is 507. The first kappa shape index (κ1) is 16.1. The van der Waals surface area contributed by atoms with Gasteiger partial charge in [0, 0.05) is 30.1 Å². The third kappa shape index (κ3) is 3.69. The lowest BCUT2D eigenvalue weighted by Crippen LogP contribution is -2.36. The van der Waals surface area contributed by atoms with Gasteiger partial charge < -0.3 is 15.4 Å². The highest BCUT2D eigenvalue weighted by molar-refractivity contribution is 6.30. The zero-order chi connectivity index (χ0) is 15.4. The summed E-state index contributed by atoms with van der Waals surface area (Å²) in [5.74, 6) is 1.30. The Labute approximate surface area is 131 Å². The number of rotatable bonds is 5. The molecular weight excluding hydrogens is 288 g/mol. The number of nitrogens with zero attached hydrogens (tertiary/aromatic N) is 1. The number of hydrogen-bond donors (Lipinski definition) is 1. The number of methoxy groups -OCH3 is 1.